The Kier molecular flexibility index (Phi) is 1.22. The predicted molar refractivity (Wildman–Crippen MR) is 27.9 cm³/mol. The van der Waals surface area contributed by atoms with Crippen LogP contribution in [0.3, 0.4) is 0 Å². The molecule has 0 bridgehead atoms. The van der Waals surface area contributed by atoms with Crippen LogP contribution < -0.4 is 0 Å². The predicted octanol–water partition coefficient (Wildman–Crippen LogP) is 0.555. The monoisotopic (exact) mass is 126 g/mol. The van der Waals surface area contributed by atoms with Gasteiger partial charge in [0.2, 0.25) is 0 Å². The molecule has 4 nitrogen and oxygen atoms in total. The fourth-order valence-corrected chi connectivity index (χ4v) is 0.414. The molecule has 1 aromatic heterocycles. The van der Waals surface area contributed by atoms with E-state index in [2.05, 4.69) is 16.6 Å². The number of hydrogen-bond acceptors (Lipinski definition) is 3. The molecule has 1 heterocycles. The average Bonchev–Trinajstić information content (AvgIpc) is 2.14. The molecule has 9 heavy (non-hydrogen) atoms. The van der Waals surface area contributed by atoms with Crippen LogP contribution in [0.4, 0.5) is 0 Å². The highest BCUT2D eigenvalue weighted by molar-refractivity contribution is 5.85. The highest BCUT2D eigenvalue weighted by Gasteiger charge is 2.06. The zero-order valence-electron chi connectivity index (χ0n) is 4.50. The second kappa shape index (κ2) is 1.89. The van der Waals surface area contributed by atoms with Crippen molar-refractivity contribution in [2.45, 2.75) is 0 Å². The molecule has 0 atom stereocenters. The second-order valence-corrected chi connectivity index (χ2v) is 1.48. The fourth-order valence-electron chi connectivity index (χ4n) is 0.414. The Balaban J connectivity index is 2.98. The smallest absolute Gasteiger partial charge is 0.358 e. The first-order valence-corrected chi connectivity index (χ1v) is 2.22. The van der Waals surface area contributed by atoms with Crippen LogP contribution in [0.15, 0.2) is 10.6 Å². The van der Waals surface area contributed by atoms with E-state index < -0.39 is 5.97 Å². The molecule has 47 valence electrons. The number of aromatic carboxylic acids is 1. The van der Waals surface area contributed by atoms with Crippen LogP contribution >= 0.6 is 0 Å². The van der Waals surface area contributed by atoms with E-state index >= 15 is 0 Å². The van der Waals surface area contributed by atoms with Crippen molar-refractivity contribution in [1.82, 2.24) is 5.16 Å². The van der Waals surface area contributed by atoms with Crippen LogP contribution in [0.2, 0.25) is 0 Å². The molecular formula is C5H4NO3. The van der Waals surface area contributed by atoms with E-state index in [-0.39, 0.29) is 11.5 Å². The molecule has 1 radical (unpaired) electrons. The van der Waals surface area contributed by atoms with E-state index in [1.807, 2.05) is 0 Å². The maximum absolute atomic E-state index is 10.1. The largest absolute Gasteiger partial charge is 0.476 e. The van der Waals surface area contributed by atoms with Gasteiger partial charge in [-0.1, -0.05) is 5.16 Å². The maximum atomic E-state index is 10.1. The van der Waals surface area contributed by atoms with Gasteiger partial charge in [-0.2, -0.15) is 0 Å². The van der Waals surface area contributed by atoms with Gasteiger partial charge in [0, 0.05) is 13.0 Å². The molecule has 0 amide bonds. The zero-order chi connectivity index (χ0) is 6.85. The normalized spacial score (nSPS) is 9.44. The average molecular weight is 126 g/mol. The Hall–Kier alpha value is -1.32. The summed E-state index contributed by atoms with van der Waals surface area (Å²) in [6.45, 7) is 3.33. The van der Waals surface area contributed by atoms with Crippen molar-refractivity contribution < 1.29 is 14.4 Å². The minimum atomic E-state index is -1.10. The van der Waals surface area contributed by atoms with E-state index in [1.165, 1.54) is 6.07 Å². The minimum absolute atomic E-state index is 0.111. The Morgan fingerprint density at radius 2 is 2.56 bits per heavy atom. The summed E-state index contributed by atoms with van der Waals surface area (Å²) in [4.78, 5) is 10.1. The van der Waals surface area contributed by atoms with Crippen LogP contribution in [0.1, 0.15) is 16.2 Å². The molecule has 1 N–H and O–H groups in total. The number of carbonyl (C=O) groups is 1. The number of aromatic nitrogens is 1. The Morgan fingerprint density at radius 1 is 1.89 bits per heavy atom. The molecule has 0 aliphatic rings. The van der Waals surface area contributed by atoms with Crippen molar-refractivity contribution in [2.75, 3.05) is 0 Å². The van der Waals surface area contributed by atoms with E-state index in [4.69, 9.17) is 5.11 Å². The molecular weight excluding hydrogens is 122 g/mol. The van der Waals surface area contributed by atoms with Crippen LogP contribution in [-0.2, 0) is 0 Å². The van der Waals surface area contributed by atoms with E-state index in [1.54, 1.807) is 0 Å². The van der Waals surface area contributed by atoms with Gasteiger partial charge >= 0.3 is 5.97 Å². The van der Waals surface area contributed by atoms with Crippen molar-refractivity contribution in [3.63, 3.8) is 0 Å². The van der Waals surface area contributed by atoms with Gasteiger partial charge in [-0.3, -0.25) is 0 Å². The van der Waals surface area contributed by atoms with Crippen LogP contribution in [-0.4, -0.2) is 16.2 Å². The van der Waals surface area contributed by atoms with E-state index in [9.17, 15) is 4.79 Å². The van der Waals surface area contributed by atoms with Gasteiger partial charge in [-0.15, -0.1) is 0 Å². The van der Waals surface area contributed by atoms with Crippen molar-refractivity contribution in [2.24, 2.45) is 0 Å². The number of rotatable bonds is 1. The van der Waals surface area contributed by atoms with Crippen LogP contribution in [0.5, 0.6) is 0 Å². The van der Waals surface area contributed by atoms with Gasteiger partial charge in [0.15, 0.2) is 5.69 Å². The summed E-state index contributed by atoms with van der Waals surface area (Å²) < 4.78 is 4.38. The molecule has 0 fully saturated rings. The van der Waals surface area contributed by atoms with Crippen molar-refractivity contribution >= 4 is 5.97 Å². The third kappa shape index (κ3) is 1.07. The summed E-state index contributed by atoms with van der Waals surface area (Å²) in [5, 5.41) is 11.4. The standard InChI is InChI=1S/C5H4NO3/c1-3-2-4(5(7)8)6-9-3/h2H,1H2,(H,7,8). The summed E-state index contributed by atoms with van der Waals surface area (Å²) in [6, 6.07) is 1.25. The van der Waals surface area contributed by atoms with E-state index in [0.29, 0.717) is 0 Å². The minimum Gasteiger partial charge on any atom is -0.476 e. The quantitative estimate of drug-likeness (QED) is 0.597. The van der Waals surface area contributed by atoms with Crippen molar-refractivity contribution in [3.8, 4) is 0 Å². The van der Waals surface area contributed by atoms with Gasteiger partial charge in [0.1, 0.15) is 5.76 Å². The third-order valence-corrected chi connectivity index (χ3v) is 0.778. The van der Waals surface area contributed by atoms with Gasteiger partial charge in [0.25, 0.3) is 0 Å². The van der Waals surface area contributed by atoms with Crippen LogP contribution in [0.25, 0.3) is 0 Å². The molecule has 1 rings (SSSR count). The maximum Gasteiger partial charge on any atom is 0.358 e. The first-order chi connectivity index (χ1) is 4.20. The van der Waals surface area contributed by atoms with Gasteiger partial charge < -0.3 is 9.63 Å². The first-order valence-electron chi connectivity index (χ1n) is 2.22. The Labute approximate surface area is 51.1 Å². The molecule has 0 spiro atoms. The number of carboxylic acid groups (broad SMARTS) is 1. The van der Waals surface area contributed by atoms with Crippen molar-refractivity contribution in [3.05, 3.63) is 24.4 Å². The molecule has 0 aromatic carbocycles. The van der Waals surface area contributed by atoms with Gasteiger partial charge in [-0.25, -0.2) is 4.79 Å². The van der Waals surface area contributed by atoms with E-state index in [0.717, 1.165) is 0 Å². The molecule has 0 unspecified atom stereocenters. The Morgan fingerprint density at radius 3 is 2.78 bits per heavy atom. The zero-order valence-corrected chi connectivity index (χ0v) is 4.50. The van der Waals surface area contributed by atoms with Gasteiger partial charge in [0.05, 0.1) is 0 Å². The topological polar surface area (TPSA) is 63.3 Å². The molecule has 0 aliphatic carbocycles. The molecule has 1 aromatic rings. The van der Waals surface area contributed by atoms with Gasteiger partial charge in [-0.05, 0) is 0 Å². The highest BCUT2D eigenvalue weighted by Crippen LogP contribution is 1.99. The lowest BCUT2D eigenvalue weighted by molar-refractivity contribution is 0.0685. The molecule has 0 aliphatic heterocycles. The molecule has 0 saturated carbocycles. The fraction of sp³-hybridized carbons (Fsp3) is 0. The summed E-state index contributed by atoms with van der Waals surface area (Å²) in [5.41, 5.74) is -0.111. The summed E-state index contributed by atoms with van der Waals surface area (Å²) in [6.07, 6.45) is 0. The summed E-state index contributed by atoms with van der Waals surface area (Å²) >= 11 is 0. The van der Waals surface area contributed by atoms with Crippen molar-refractivity contribution in [1.29, 1.82) is 0 Å². The lowest BCUT2D eigenvalue weighted by Gasteiger charge is -1.75. The SMILES string of the molecule is [CH2]c1cc(C(=O)O)no1. The number of carboxylic acids is 1. The third-order valence-electron chi connectivity index (χ3n) is 0.778. The highest BCUT2D eigenvalue weighted by atomic mass is 16.5. The number of hydrogen-bond donors (Lipinski definition) is 1. The summed E-state index contributed by atoms with van der Waals surface area (Å²) in [5.74, 6) is -0.846. The number of nitrogens with zero attached hydrogens (tertiary/aromatic N) is 1. The van der Waals surface area contributed by atoms with Crippen LogP contribution in [0, 0.1) is 6.92 Å². The Bertz CT molecular complexity index is 228. The first kappa shape index (κ1) is 5.81. The molecule has 4 heteroatoms. The lowest BCUT2D eigenvalue weighted by atomic mass is 10.4. The lowest BCUT2D eigenvalue weighted by Crippen LogP contribution is -1.94. The second-order valence-electron chi connectivity index (χ2n) is 1.48. The molecule has 0 saturated heterocycles. The summed E-state index contributed by atoms with van der Waals surface area (Å²) in [7, 11) is 0.